The van der Waals surface area contributed by atoms with Crippen molar-refractivity contribution in [3.8, 4) is 11.5 Å². The van der Waals surface area contributed by atoms with Crippen LogP contribution in [-0.4, -0.2) is 63.8 Å². The maximum absolute atomic E-state index is 12.8. The zero-order valence-electron chi connectivity index (χ0n) is 20.9. The van der Waals surface area contributed by atoms with Crippen LogP contribution >= 0.6 is 11.8 Å². The fraction of sp³-hybridized carbons (Fsp3) is 0.520. The average molecular weight is 499 g/mol. The molecular weight excluding hydrogens is 464 g/mol. The predicted octanol–water partition coefficient (Wildman–Crippen LogP) is 4.15. The van der Waals surface area contributed by atoms with Gasteiger partial charge in [0.2, 0.25) is 0 Å². The summed E-state index contributed by atoms with van der Waals surface area (Å²) in [7, 11) is 0. The Bertz CT molecular complexity index is 1160. The van der Waals surface area contributed by atoms with E-state index in [1.165, 1.54) is 12.8 Å². The zero-order valence-corrected chi connectivity index (χ0v) is 21.7. The summed E-state index contributed by atoms with van der Waals surface area (Å²) in [5.74, 6) is 2.00. The number of hydrogen-bond donors (Lipinski definition) is 1. The van der Waals surface area contributed by atoms with Gasteiger partial charge in [0, 0.05) is 30.4 Å². The van der Waals surface area contributed by atoms with Gasteiger partial charge in [-0.05, 0) is 44.9 Å². The fourth-order valence-corrected chi connectivity index (χ4v) is 4.79. The van der Waals surface area contributed by atoms with Crippen molar-refractivity contribution in [1.29, 1.82) is 0 Å². The molecule has 1 amide bonds. The van der Waals surface area contributed by atoms with Crippen molar-refractivity contribution >= 4 is 34.5 Å². The summed E-state index contributed by atoms with van der Waals surface area (Å²) in [6.45, 7) is 12.1. The summed E-state index contributed by atoms with van der Waals surface area (Å²) < 4.78 is 13.1. The number of carbonyl (C=O) groups excluding carboxylic acids is 1. The van der Waals surface area contributed by atoms with Gasteiger partial charge >= 0.3 is 0 Å². The van der Waals surface area contributed by atoms with E-state index < -0.39 is 0 Å². The highest BCUT2D eigenvalue weighted by Crippen LogP contribution is 2.31. The number of rotatable bonds is 11. The molecule has 0 atom stereocenters. The van der Waals surface area contributed by atoms with Crippen LogP contribution in [0.1, 0.15) is 50.9 Å². The third-order valence-corrected chi connectivity index (χ3v) is 6.48. The topological polar surface area (TPSA) is 94.4 Å². The molecule has 0 spiro atoms. The molecule has 1 N–H and O–H groups in total. The molecule has 4 rings (SSSR count). The number of carbonyl (C=O) groups is 1. The van der Waals surface area contributed by atoms with E-state index in [4.69, 9.17) is 19.4 Å². The number of nitrogens with one attached hydrogen (secondary N) is 1. The largest absolute Gasteiger partial charge is 0.490 e. The Balaban J connectivity index is 1.48. The lowest BCUT2D eigenvalue weighted by molar-refractivity contribution is 0.0951. The molecule has 10 heteroatoms. The van der Waals surface area contributed by atoms with Gasteiger partial charge < -0.3 is 19.7 Å². The number of amides is 1. The van der Waals surface area contributed by atoms with Crippen molar-refractivity contribution in [3.63, 3.8) is 0 Å². The quantitative estimate of drug-likeness (QED) is 0.311. The molecule has 0 saturated carbocycles. The average Bonchev–Trinajstić information content (AvgIpc) is 3.50. The second kappa shape index (κ2) is 11.6. The summed E-state index contributed by atoms with van der Waals surface area (Å²) >= 11 is 1.65. The van der Waals surface area contributed by atoms with Crippen molar-refractivity contribution in [2.45, 2.75) is 57.5 Å². The van der Waals surface area contributed by atoms with Gasteiger partial charge in [-0.2, -0.15) is 5.10 Å². The molecular formula is C25H34N6O3S. The van der Waals surface area contributed by atoms with Gasteiger partial charge in [-0.3, -0.25) is 4.79 Å². The van der Waals surface area contributed by atoms with E-state index in [0.29, 0.717) is 48.6 Å². The predicted molar refractivity (Wildman–Crippen MR) is 139 cm³/mol. The van der Waals surface area contributed by atoms with Crippen LogP contribution in [0.5, 0.6) is 11.5 Å². The van der Waals surface area contributed by atoms with E-state index in [0.717, 1.165) is 35.1 Å². The van der Waals surface area contributed by atoms with Gasteiger partial charge in [0.25, 0.3) is 5.91 Å². The van der Waals surface area contributed by atoms with Crippen molar-refractivity contribution in [2.75, 3.05) is 37.7 Å². The third kappa shape index (κ3) is 5.98. The number of benzene rings is 1. The van der Waals surface area contributed by atoms with Crippen molar-refractivity contribution in [2.24, 2.45) is 0 Å². The van der Waals surface area contributed by atoms with Gasteiger partial charge in [0.1, 0.15) is 5.82 Å². The molecule has 1 fully saturated rings. The molecule has 3 heterocycles. The molecule has 0 radical (unpaired) electrons. The minimum absolute atomic E-state index is 0.172. The molecule has 0 unspecified atom stereocenters. The van der Waals surface area contributed by atoms with Crippen LogP contribution in [-0.2, 0) is 6.54 Å². The normalized spacial score (nSPS) is 13.6. The maximum atomic E-state index is 12.8. The first-order valence-electron chi connectivity index (χ1n) is 12.3. The molecule has 0 aliphatic carbocycles. The van der Waals surface area contributed by atoms with Crippen LogP contribution < -0.4 is 19.7 Å². The van der Waals surface area contributed by atoms with E-state index in [-0.39, 0.29) is 5.91 Å². The van der Waals surface area contributed by atoms with Crippen LogP contribution in [0.25, 0.3) is 11.0 Å². The van der Waals surface area contributed by atoms with Crippen LogP contribution in [0.15, 0.2) is 29.6 Å². The highest BCUT2D eigenvalue weighted by Gasteiger charge is 2.21. The number of aromatic nitrogens is 4. The lowest BCUT2D eigenvalue weighted by Gasteiger charge is -2.18. The molecule has 1 saturated heterocycles. The first-order chi connectivity index (χ1) is 17.0. The Morgan fingerprint density at radius 2 is 1.86 bits per heavy atom. The Morgan fingerprint density at radius 1 is 1.11 bits per heavy atom. The van der Waals surface area contributed by atoms with E-state index in [2.05, 4.69) is 29.2 Å². The summed E-state index contributed by atoms with van der Waals surface area (Å²) in [5.41, 5.74) is 1.33. The maximum Gasteiger partial charge on any atom is 0.251 e. The molecule has 2 aromatic heterocycles. The summed E-state index contributed by atoms with van der Waals surface area (Å²) in [4.78, 5) is 24.8. The van der Waals surface area contributed by atoms with E-state index in [1.54, 1.807) is 30.0 Å². The van der Waals surface area contributed by atoms with Gasteiger partial charge in [-0.15, -0.1) is 0 Å². The number of thioether (sulfide) groups is 1. The highest BCUT2D eigenvalue weighted by molar-refractivity contribution is 7.99. The van der Waals surface area contributed by atoms with Crippen molar-refractivity contribution in [3.05, 3.63) is 30.0 Å². The number of hydrogen-bond acceptors (Lipinski definition) is 8. The molecule has 0 bridgehead atoms. The smallest absolute Gasteiger partial charge is 0.251 e. The second-order valence-electron chi connectivity index (χ2n) is 8.58. The highest BCUT2D eigenvalue weighted by atomic mass is 32.2. The van der Waals surface area contributed by atoms with Gasteiger partial charge in [-0.25, -0.2) is 14.6 Å². The Labute approximate surface area is 210 Å². The number of nitrogens with zero attached hydrogens (tertiary/aromatic N) is 5. The monoisotopic (exact) mass is 498 g/mol. The molecule has 35 heavy (non-hydrogen) atoms. The summed E-state index contributed by atoms with van der Waals surface area (Å²) in [5, 5.41) is 9.66. The molecule has 1 aliphatic rings. The van der Waals surface area contributed by atoms with Gasteiger partial charge in [-0.1, -0.05) is 25.6 Å². The number of ether oxygens (including phenoxy) is 2. The van der Waals surface area contributed by atoms with E-state index in [1.807, 2.05) is 24.7 Å². The van der Waals surface area contributed by atoms with Crippen LogP contribution in [0, 0.1) is 0 Å². The molecule has 1 aromatic carbocycles. The van der Waals surface area contributed by atoms with Gasteiger partial charge in [0.15, 0.2) is 22.3 Å². The third-order valence-electron chi connectivity index (χ3n) is 5.62. The van der Waals surface area contributed by atoms with Gasteiger partial charge in [0.05, 0.1) is 31.3 Å². The molecule has 9 nitrogen and oxygen atoms in total. The fourth-order valence-electron chi connectivity index (χ4n) is 4.09. The molecule has 3 aromatic rings. The number of anilines is 1. The SMILES string of the molecule is CCOc1ccc(C(=O)NCCn2ncc3c(N4CCCC4)nc(SC(C)C)nc32)cc1OCC. The number of fused-ring (bicyclic) bond motifs is 1. The Morgan fingerprint density at radius 3 is 2.57 bits per heavy atom. The lowest BCUT2D eigenvalue weighted by Crippen LogP contribution is -2.27. The lowest BCUT2D eigenvalue weighted by atomic mass is 10.2. The summed E-state index contributed by atoms with van der Waals surface area (Å²) in [6.07, 6.45) is 4.19. The van der Waals surface area contributed by atoms with E-state index in [9.17, 15) is 4.79 Å². The van der Waals surface area contributed by atoms with Crippen LogP contribution in [0.2, 0.25) is 0 Å². The standard InChI is InChI=1S/C25H34N6O3S/c1-5-33-20-10-9-18(15-21(20)34-6-2)24(32)26-11-14-31-23-19(16-27-31)22(30-12-7-8-13-30)28-25(29-23)35-17(3)4/h9-10,15-17H,5-8,11-14H2,1-4H3,(H,26,32). The minimum atomic E-state index is -0.172. The second-order valence-corrected chi connectivity index (χ2v) is 10.1. The van der Waals surface area contributed by atoms with Crippen molar-refractivity contribution < 1.29 is 14.3 Å². The Kier molecular flexibility index (Phi) is 8.33. The first-order valence-corrected chi connectivity index (χ1v) is 13.2. The minimum Gasteiger partial charge on any atom is -0.490 e. The van der Waals surface area contributed by atoms with Crippen molar-refractivity contribution in [1.82, 2.24) is 25.1 Å². The molecule has 188 valence electrons. The van der Waals surface area contributed by atoms with E-state index >= 15 is 0 Å². The first kappa shape index (κ1) is 25.1. The molecule has 1 aliphatic heterocycles. The van der Waals surface area contributed by atoms with Crippen LogP contribution in [0.3, 0.4) is 0 Å². The summed E-state index contributed by atoms with van der Waals surface area (Å²) in [6, 6.07) is 5.24. The zero-order chi connectivity index (χ0) is 24.8. The Hall–Kier alpha value is -3.01. The van der Waals surface area contributed by atoms with Crippen LogP contribution in [0.4, 0.5) is 5.82 Å².